The molecule has 0 amide bonds. The Morgan fingerprint density at radius 3 is 2.88 bits per heavy atom. The summed E-state index contributed by atoms with van der Waals surface area (Å²) in [5.74, 6) is 0.897. The van der Waals surface area contributed by atoms with Crippen LogP contribution in [0.2, 0.25) is 0 Å². The first kappa shape index (κ1) is 16.7. The van der Waals surface area contributed by atoms with Crippen molar-refractivity contribution in [2.24, 2.45) is 0 Å². The van der Waals surface area contributed by atoms with Crippen LogP contribution in [0.25, 0.3) is 22.5 Å². The van der Waals surface area contributed by atoms with Crippen molar-refractivity contribution in [1.29, 1.82) is 0 Å². The first-order valence-electron chi connectivity index (χ1n) is 9.08. The molecule has 26 heavy (non-hydrogen) atoms. The van der Waals surface area contributed by atoms with E-state index in [4.69, 9.17) is 5.10 Å². The Hall–Kier alpha value is -2.73. The molecule has 0 bridgehead atoms. The molecule has 0 spiro atoms. The number of likely N-dealkylation sites (N-methyl/N-ethyl adjacent to an activating group) is 1. The molecule has 134 valence electrons. The number of hydrogen-bond donors (Lipinski definition) is 1. The van der Waals surface area contributed by atoms with Gasteiger partial charge in [0.2, 0.25) is 0 Å². The van der Waals surface area contributed by atoms with Crippen LogP contribution in [0.3, 0.4) is 0 Å². The van der Waals surface area contributed by atoms with Gasteiger partial charge in [0.1, 0.15) is 11.5 Å². The van der Waals surface area contributed by atoms with E-state index in [1.807, 2.05) is 30.6 Å². The maximum Gasteiger partial charge on any atom is 0.126 e. The van der Waals surface area contributed by atoms with E-state index in [9.17, 15) is 0 Å². The standard InChI is InChI=1S/C20H24N6/c1-25(2)13-11-23-18-14-15(8-10-22-18)19-17-7-5-12-26(17)24-20(19)16-6-3-4-9-21-16/h3-4,6,8-10,14H,5,7,11-13H2,1-2H3,(H,22,23). The summed E-state index contributed by atoms with van der Waals surface area (Å²) < 4.78 is 2.14. The fourth-order valence-corrected chi connectivity index (χ4v) is 3.41. The lowest BCUT2D eigenvalue weighted by atomic mass is 10.0. The highest BCUT2D eigenvalue weighted by molar-refractivity contribution is 5.82. The second-order valence-corrected chi connectivity index (χ2v) is 6.87. The Balaban J connectivity index is 1.71. The third-order valence-electron chi connectivity index (χ3n) is 4.66. The number of fused-ring (bicyclic) bond motifs is 1. The van der Waals surface area contributed by atoms with Gasteiger partial charge >= 0.3 is 0 Å². The quantitative estimate of drug-likeness (QED) is 0.742. The van der Waals surface area contributed by atoms with Crippen LogP contribution in [0.1, 0.15) is 12.1 Å². The van der Waals surface area contributed by atoms with Crippen LogP contribution in [0.15, 0.2) is 42.7 Å². The molecular formula is C20H24N6. The van der Waals surface area contributed by atoms with Gasteiger partial charge in [-0.05, 0) is 56.8 Å². The molecule has 6 heteroatoms. The average Bonchev–Trinajstić information content (AvgIpc) is 3.23. The number of pyridine rings is 2. The molecule has 0 fully saturated rings. The Labute approximate surface area is 153 Å². The van der Waals surface area contributed by atoms with Gasteiger partial charge < -0.3 is 10.2 Å². The second-order valence-electron chi connectivity index (χ2n) is 6.87. The zero-order chi connectivity index (χ0) is 17.9. The van der Waals surface area contributed by atoms with Crippen molar-refractivity contribution < 1.29 is 0 Å². The minimum atomic E-state index is 0.864. The van der Waals surface area contributed by atoms with Gasteiger partial charge in [0.05, 0.1) is 5.69 Å². The first-order valence-corrected chi connectivity index (χ1v) is 9.08. The van der Waals surface area contributed by atoms with Crippen molar-refractivity contribution >= 4 is 5.82 Å². The predicted octanol–water partition coefficient (Wildman–Crippen LogP) is 2.93. The SMILES string of the molecule is CN(C)CCNc1cc(-c2c(-c3ccccn3)nn3c2CCC3)ccn1. The van der Waals surface area contributed by atoms with E-state index in [-0.39, 0.29) is 0 Å². The van der Waals surface area contributed by atoms with E-state index in [1.54, 1.807) is 0 Å². The van der Waals surface area contributed by atoms with Crippen LogP contribution in [0.4, 0.5) is 5.82 Å². The number of rotatable bonds is 6. The van der Waals surface area contributed by atoms with Crippen LogP contribution in [0, 0.1) is 0 Å². The molecule has 4 heterocycles. The van der Waals surface area contributed by atoms with E-state index >= 15 is 0 Å². The molecule has 1 aliphatic rings. The highest BCUT2D eigenvalue weighted by Crippen LogP contribution is 2.37. The number of aryl methyl sites for hydroxylation is 1. The van der Waals surface area contributed by atoms with Crippen LogP contribution in [0.5, 0.6) is 0 Å². The summed E-state index contributed by atoms with van der Waals surface area (Å²) in [6.45, 7) is 2.81. The van der Waals surface area contributed by atoms with Crippen molar-refractivity contribution in [3.05, 3.63) is 48.4 Å². The molecule has 0 unspecified atom stereocenters. The molecule has 1 N–H and O–H groups in total. The Morgan fingerprint density at radius 2 is 2.08 bits per heavy atom. The Morgan fingerprint density at radius 1 is 1.15 bits per heavy atom. The lowest BCUT2D eigenvalue weighted by Crippen LogP contribution is -2.21. The van der Waals surface area contributed by atoms with Crippen molar-refractivity contribution in [3.63, 3.8) is 0 Å². The average molecular weight is 348 g/mol. The van der Waals surface area contributed by atoms with Gasteiger partial charge in [-0.2, -0.15) is 5.10 Å². The maximum absolute atomic E-state index is 4.86. The number of anilines is 1. The van der Waals surface area contributed by atoms with Gasteiger partial charge in [0, 0.05) is 43.3 Å². The van der Waals surface area contributed by atoms with E-state index in [0.29, 0.717) is 0 Å². The number of aromatic nitrogens is 4. The van der Waals surface area contributed by atoms with E-state index in [1.165, 1.54) is 11.3 Å². The van der Waals surface area contributed by atoms with E-state index in [0.717, 1.165) is 55.2 Å². The molecule has 0 aliphatic carbocycles. The summed E-state index contributed by atoms with van der Waals surface area (Å²) in [6, 6.07) is 10.2. The van der Waals surface area contributed by atoms with E-state index < -0.39 is 0 Å². The normalized spacial score (nSPS) is 13.2. The van der Waals surface area contributed by atoms with Crippen molar-refractivity contribution in [2.75, 3.05) is 32.5 Å². The summed E-state index contributed by atoms with van der Waals surface area (Å²) in [6.07, 6.45) is 5.90. The zero-order valence-electron chi connectivity index (χ0n) is 15.3. The molecule has 6 nitrogen and oxygen atoms in total. The monoisotopic (exact) mass is 348 g/mol. The molecule has 3 aromatic heterocycles. The number of nitrogens with one attached hydrogen (secondary N) is 1. The van der Waals surface area contributed by atoms with Gasteiger partial charge in [-0.1, -0.05) is 6.07 Å². The molecular weight excluding hydrogens is 324 g/mol. The van der Waals surface area contributed by atoms with Crippen LogP contribution >= 0.6 is 0 Å². The molecule has 0 saturated heterocycles. The smallest absolute Gasteiger partial charge is 0.126 e. The van der Waals surface area contributed by atoms with Gasteiger partial charge in [-0.3, -0.25) is 9.67 Å². The van der Waals surface area contributed by atoms with Crippen molar-refractivity contribution in [2.45, 2.75) is 19.4 Å². The summed E-state index contributed by atoms with van der Waals surface area (Å²) in [4.78, 5) is 11.1. The summed E-state index contributed by atoms with van der Waals surface area (Å²) >= 11 is 0. The van der Waals surface area contributed by atoms with Crippen molar-refractivity contribution in [3.8, 4) is 22.5 Å². The maximum atomic E-state index is 4.86. The zero-order valence-corrected chi connectivity index (χ0v) is 15.3. The minimum absolute atomic E-state index is 0.864. The summed E-state index contributed by atoms with van der Waals surface area (Å²) in [5, 5.41) is 8.27. The topological polar surface area (TPSA) is 58.9 Å². The Bertz CT molecular complexity index is 885. The van der Waals surface area contributed by atoms with E-state index in [2.05, 4.69) is 51.1 Å². The third kappa shape index (κ3) is 3.32. The highest BCUT2D eigenvalue weighted by atomic mass is 15.3. The molecule has 3 aromatic rings. The molecule has 0 aromatic carbocycles. The fraction of sp³-hybridized carbons (Fsp3) is 0.350. The molecule has 1 aliphatic heterocycles. The number of nitrogens with zero attached hydrogens (tertiary/aromatic N) is 5. The highest BCUT2D eigenvalue weighted by Gasteiger charge is 2.24. The van der Waals surface area contributed by atoms with Gasteiger partial charge in [-0.25, -0.2) is 4.98 Å². The van der Waals surface area contributed by atoms with Crippen LogP contribution in [-0.4, -0.2) is 51.8 Å². The van der Waals surface area contributed by atoms with Gasteiger partial charge in [0.15, 0.2) is 0 Å². The second kappa shape index (κ2) is 7.25. The largest absolute Gasteiger partial charge is 0.369 e. The molecule has 0 saturated carbocycles. The Kier molecular flexibility index (Phi) is 4.67. The molecule has 4 rings (SSSR count). The summed E-state index contributed by atoms with van der Waals surface area (Å²) in [7, 11) is 4.14. The third-order valence-corrected chi connectivity index (χ3v) is 4.66. The van der Waals surface area contributed by atoms with Crippen LogP contribution in [-0.2, 0) is 13.0 Å². The molecule has 0 radical (unpaired) electrons. The van der Waals surface area contributed by atoms with Crippen LogP contribution < -0.4 is 5.32 Å². The van der Waals surface area contributed by atoms with Gasteiger partial charge in [-0.15, -0.1) is 0 Å². The van der Waals surface area contributed by atoms with Crippen molar-refractivity contribution in [1.82, 2.24) is 24.6 Å². The van der Waals surface area contributed by atoms with Gasteiger partial charge in [0.25, 0.3) is 0 Å². The minimum Gasteiger partial charge on any atom is -0.369 e. The lowest BCUT2D eigenvalue weighted by molar-refractivity contribution is 0.425. The summed E-state index contributed by atoms with van der Waals surface area (Å²) in [5.41, 5.74) is 5.53. The lowest BCUT2D eigenvalue weighted by Gasteiger charge is -2.12. The first-order chi connectivity index (χ1) is 12.7. The fourth-order valence-electron chi connectivity index (χ4n) is 3.41. The predicted molar refractivity (Wildman–Crippen MR) is 104 cm³/mol. The number of hydrogen-bond acceptors (Lipinski definition) is 5. The molecule has 0 atom stereocenters.